The highest BCUT2D eigenvalue weighted by atomic mass is 35.5. The normalized spacial score (nSPS) is 23.7. The quantitative estimate of drug-likeness (QED) is 0.848. The van der Waals surface area contributed by atoms with Gasteiger partial charge in [-0.1, -0.05) is 12.8 Å². The summed E-state index contributed by atoms with van der Waals surface area (Å²) in [5.74, 6) is 0.919. The molecule has 2 atom stereocenters. The van der Waals surface area contributed by atoms with Gasteiger partial charge in [0.1, 0.15) is 0 Å². The maximum Gasteiger partial charge on any atom is 0.239 e. The summed E-state index contributed by atoms with van der Waals surface area (Å²) in [6.45, 7) is 8.13. The summed E-state index contributed by atoms with van der Waals surface area (Å²) in [6, 6.07) is 0.315. The molecule has 0 saturated carbocycles. The number of likely N-dealkylation sites (tertiary alicyclic amines) is 2. The first-order valence-electron chi connectivity index (χ1n) is 8.38. The first kappa shape index (κ1) is 22.0. The maximum atomic E-state index is 12.6. The van der Waals surface area contributed by atoms with Crippen molar-refractivity contribution in [2.75, 3.05) is 26.2 Å². The Bertz CT molecular complexity index is 313. The summed E-state index contributed by atoms with van der Waals surface area (Å²) < 4.78 is 0. The van der Waals surface area contributed by atoms with Crippen molar-refractivity contribution in [3.8, 4) is 0 Å². The van der Waals surface area contributed by atoms with Crippen LogP contribution in [0.1, 0.15) is 52.4 Å². The van der Waals surface area contributed by atoms with Gasteiger partial charge in [0.25, 0.3) is 0 Å². The molecule has 22 heavy (non-hydrogen) atoms. The van der Waals surface area contributed by atoms with Crippen molar-refractivity contribution in [3.63, 3.8) is 0 Å². The van der Waals surface area contributed by atoms with E-state index in [-0.39, 0.29) is 36.9 Å². The Balaban J connectivity index is 0.00000220. The van der Waals surface area contributed by atoms with Crippen LogP contribution in [0.3, 0.4) is 0 Å². The third kappa shape index (κ3) is 5.88. The van der Waals surface area contributed by atoms with Crippen LogP contribution in [0, 0.1) is 5.92 Å². The standard InChI is InChI=1S/C16H31N3O.2ClH/c1-13(17)15-7-11-19(12-8-15)16(20)14(2)18-9-5-3-4-6-10-18;;/h13-15H,3-12,17H2,1-2H3;2*1H. The summed E-state index contributed by atoms with van der Waals surface area (Å²) in [7, 11) is 0. The monoisotopic (exact) mass is 353 g/mol. The Kier molecular flexibility index (Phi) is 10.7. The number of nitrogens with two attached hydrogens (primary N) is 1. The van der Waals surface area contributed by atoms with Gasteiger partial charge in [-0.15, -0.1) is 24.8 Å². The van der Waals surface area contributed by atoms with E-state index in [1.54, 1.807) is 0 Å². The molecule has 2 aliphatic heterocycles. The number of carbonyl (C=O) groups excluding carboxylic acids is 1. The Labute approximate surface area is 148 Å². The molecular formula is C16H33Cl2N3O. The Morgan fingerprint density at radius 3 is 1.91 bits per heavy atom. The third-order valence-corrected chi connectivity index (χ3v) is 5.14. The van der Waals surface area contributed by atoms with E-state index >= 15 is 0 Å². The van der Waals surface area contributed by atoms with Gasteiger partial charge in [0.15, 0.2) is 0 Å². The molecule has 0 radical (unpaired) electrons. The molecule has 0 spiro atoms. The van der Waals surface area contributed by atoms with Crippen LogP contribution in [0.25, 0.3) is 0 Å². The molecule has 0 aliphatic carbocycles. The third-order valence-electron chi connectivity index (χ3n) is 5.14. The van der Waals surface area contributed by atoms with Crippen LogP contribution in [0.5, 0.6) is 0 Å². The summed E-state index contributed by atoms with van der Waals surface area (Å²) in [5, 5.41) is 0. The van der Waals surface area contributed by atoms with E-state index in [0.29, 0.717) is 11.8 Å². The van der Waals surface area contributed by atoms with Crippen molar-refractivity contribution in [3.05, 3.63) is 0 Å². The highest BCUT2D eigenvalue weighted by Gasteiger charge is 2.30. The minimum Gasteiger partial charge on any atom is -0.341 e. The number of piperidine rings is 1. The van der Waals surface area contributed by atoms with Crippen LogP contribution in [0.4, 0.5) is 0 Å². The highest BCUT2D eigenvalue weighted by molar-refractivity contribution is 5.85. The van der Waals surface area contributed by atoms with Gasteiger partial charge < -0.3 is 10.6 Å². The van der Waals surface area contributed by atoms with Crippen molar-refractivity contribution < 1.29 is 4.79 Å². The zero-order valence-corrected chi connectivity index (χ0v) is 15.6. The smallest absolute Gasteiger partial charge is 0.239 e. The lowest BCUT2D eigenvalue weighted by Gasteiger charge is -2.37. The summed E-state index contributed by atoms with van der Waals surface area (Å²) in [6.07, 6.45) is 7.25. The molecule has 0 aromatic rings. The maximum absolute atomic E-state index is 12.6. The van der Waals surface area contributed by atoms with Crippen LogP contribution in [0.15, 0.2) is 0 Å². The molecule has 1 amide bonds. The van der Waals surface area contributed by atoms with Crippen molar-refractivity contribution in [1.82, 2.24) is 9.80 Å². The molecule has 2 aliphatic rings. The van der Waals surface area contributed by atoms with Gasteiger partial charge in [-0.3, -0.25) is 9.69 Å². The van der Waals surface area contributed by atoms with Crippen LogP contribution >= 0.6 is 24.8 Å². The molecule has 2 fully saturated rings. The first-order chi connectivity index (χ1) is 9.59. The molecule has 6 heteroatoms. The second-order valence-corrected chi connectivity index (χ2v) is 6.65. The summed E-state index contributed by atoms with van der Waals surface area (Å²) in [5.41, 5.74) is 5.97. The fraction of sp³-hybridized carbons (Fsp3) is 0.938. The number of hydrogen-bond donors (Lipinski definition) is 1. The fourth-order valence-electron chi connectivity index (χ4n) is 3.55. The van der Waals surface area contributed by atoms with Crippen LogP contribution in [-0.4, -0.2) is 54.0 Å². The second kappa shape index (κ2) is 10.7. The molecule has 2 unspecified atom stereocenters. The molecular weight excluding hydrogens is 321 g/mol. The molecule has 2 rings (SSSR count). The van der Waals surface area contributed by atoms with E-state index in [4.69, 9.17) is 5.73 Å². The van der Waals surface area contributed by atoms with E-state index in [9.17, 15) is 4.79 Å². The topological polar surface area (TPSA) is 49.6 Å². The van der Waals surface area contributed by atoms with E-state index in [0.717, 1.165) is 39.0 Å². The minimum absolute atomic E-state index is 0. The SMILES string of the molecule is CC(N)C1CCN(C(=O)C(C)N2CCCCCC2)CC1.Cl.Cl. The Hall–Kier alpha value is -0.0300. The predicted molar refractivity (Wildman–Crippen MR) is 97.0 cm³/mol. The highest BCUT2D eigenvalue weighted by Crippen LogP contribution is 2.21. The summed E-state index contributed by atoms with van der Waals surface area (Å²) in [4.78, 5) is 17.1. The van der Waals surface area contributed by atoms with Crippen LogP contribution < -0.4 is 5.73 Å². The van der Waals surface area contributed by atoms with Crippen LogP contribution in [0.2, 0.25) is 0 Å². The lowest BCUT2D eigenvalue weighted by atomic mass is 9.90. The average molecular weight is 354 g/mol. The number of halogens is 2. The molecule has 0 aromatic carbocycles. The van der Waals surface area contributed by atoms with Crippen molar-refractivity contribution >= 4 is 30.7 Å². The average Bonchev–Trinajstić information content (AvgIpc) is 2.75. The lowest BCUT2D eigenvalue weighted by molar-refractivity contribution is -0.138. The molecule has 2 saturated heterocycles. The van der Waals surface area contributed by atoms with Crippen molar-refractivity contribution in [2.45, 2.75) is 64.5 Å². The molecule has 2 N–H and O–H groups in total. The number of hydrogen-bond acceptors (Lipinski definition) is 3. The predicted octanol–water partition coefficient (Wildman–Crippen LogP) is 2.68. The van der Waals surface area contributed by atoms with E-state index in [1.807, 2.05) is 0 Å². The molecule has 0 bridgehead atoms. The van der Waals surface area contributed by atoms with Crippen LogP contribution in [-0.2, 0) is 4.79 Å². The molecule has 0 aromatic heterocycles. The van der Waals surface area contributed by atoms with Gasteiger partial charge in [-0.05, 0) is 58.5 Å². The second-order valence-electron chi connectivity index (χ2n) is 6.65. The van der Waals surface area contributed by atoms with Gasteiger partial charge in [0, 0.05) is 19.1 Å². The molecule has 4 nitrogen and oxygen atoms in total. The largest absolute Gasteiger partial charge is 0.341 e. The van der Waals surface area contributed by atoms with Crippen molar-refractivity contribution in [1.29, 1.82) is 0 Å². The molecule has 132 valence electrons. The molecule has 2 heterocycles. The Morgan fingerprint density at radius 1 is 0.955 bits per heavy atom. The van der Waals surface area contributed by atoms with Gasteiger partial charge in [-0.2, -0.15) is 0 Å². The van der Waals surface area contributed by atoms with Gasteiger partial charge in [0.05, 0.1) is 6.04 Å². The van der Waals surface area contributed by atoms with E-state index in [1.165, 1.54) is 25.7 Å². The number of rotatable bonds is 3. The van der Waals surface area contributed by atoms with Crippen molar-refractivity contribution in [2.24, 2.45) is 11.7 Å². The lowest BCUT2D eigenvalue weighted by Crippen LogP contribution is -2.50. The number of amides is 1. The van der Waals surface area contributed by atoms with Gasteiger partial charge in [0.2, 0.25) is 5.91 Å². The zero-order chi connectivity index (χ0) is 14.5. The summed E-state index contributed by atoms with van der Waals surface area (Å²) >= 11 is 0. The van der Waals surface area contributed by atoms with E-state index < -0.39 is 0 Å². The first-order valence-corrected chi connectivity index (χ1v) is 8.38. The van der Waals surface area contributed by atoms with Gasteiger partial charge >= 0.3 is 0 Å². The van der Waals surface area contributed by atoms with E-state index in [2.05, 4.69) is 23.6 Å². The fourth-order valence-corrected chi connectivity index (χ4v) is 3.55. The zero-order valence-electron chi connectivity index (χ0n) is 14.0. The number of carbonyl (C=O) groups is 1. The van der Waals surface area contributed by atoms with Gasteiger partial charge in [-0.25, -0.2) is 0 Å². The number of nitrogens with zero attached hydrogens (tertiary/aromatic N) is 2. The minimum atomic E-state index is 0. The Morgan fingerprint density at radius 2 is 1.45 bits per heavy atom.